The molecule has 1 aromatic heterocycles. The molecule has 0 saturated carbocycles. The second-order valence-corrected chi connectivity index (χ2v) is 8.03. The van der Waals surface area contributed by atoms with Gasteiger partial charge in [0, 0.05) is 16.1 Å². The number of benzene rings is 3. The molecule has 0 aliphatic carbocycles. The van der Waals surface area contributed by atoms with E-state index in [1.54, 1.807) is 30.3 Å². The molecule has 10 heteroatoms. The summed E-state index contributed by atoms with van der Waals surface area (Å²) in [6.07, 6.45) is 0. The number of hydrogen-bond acceptors (Lipinski definition) is 5. The number of carbonyl (C=O) groups is 2. The van der Waals surface area contributed by atoms with E-state index < -0.39 is 24.2 Å². The largest absolute Gasteiger partial charge is 0.451 e. The lowest BCUT2D eigenvalue weighted by atomic mass is 10.1. The molecule has 0 unspecified atom stereocenters. The SMILES string of the molecule is O=C(COC(=O)c1nc(-c2ccc(F)cc2)n(-c2ccc(Cl)c(Cl)c2)n1)c1ccc(Cl)cc1. The molecule has 0 saturated heterocycles. The van der Waals surface area contributed by atoms with Gasteiger partial charge in [-0.1, -0.05) is 34.8 Å². The highest BCUT2D eigenvalue weighted by Gasteiger charge is 2.21. The van der Waals surface area contributed by atoms with E-state index in [0.29, 0.717) is 26.9 Å². The molecule has 4 rings (SSSR count). The van der Waals surface area contributed by atoms with Gasteiger partial charge in [-0.05, 0) is 66.7 Å². The zero-order chi connectivity index (χ0) is 23.5. The number of esters is 1. The number of hydrogen-bond donors (Lipinski definition) is 0. The van der Waals surface area contributed by atoms with Gasteiger partial charge in [0.05, 0.1) is 15.7 Å². The van der Waals surface area contributed by atoms with Crippen molar-refractivity contribution in [2.24, 2.45) is 0 Å². The quantitative estimate of drug-likeness (QED) is 0.235. The van der Waals surface area contributed by atoms with Gasteiger partial charge in [0.2, 0.25) is 0 Å². The summed E-state index contributed by atoms with van der Waals surface area (Å²) >= 11 is 17.9. The van der Waals surface area contributed by atoms with Crippen molar-refractivity contribution in [1.82, 2.24) is 14.8 Å². The van der Waals surface area contributed by atoms with E-state index in [2.05, 4.69) is 10.1 Å². The molecule has 0 fully saturated rings. The molecule has 33 heavy (non-hydrogen) atoms. The van der Waals surface area contributed by atoms with E-state index in [1.807, 2.05) is 0 Å². The normalized spacial score (nSPS) is 10.8. The number of carbonyl (C=O) groups excluding carboxylic acids is 2. The Balaban J connectivity index is 1.63. The summed E-state index contributed by atoms with van der Waals surface area (Å²) in [5, 5.41) is 5.31. The van der Waals surface area contributed by atoms with E-state index in [1.165, 1.54) is 41.1 Å². The van der Waals surface area contributed by atoms with Gasteiger partial charge in [-0.2, -0.15) is 0 Å². The third kappa shape index (κ3) is 5.22. The third-order valence-electron chi connectivity index (χ3n) is 4.54. The lowest BCUT2D eigenvalue weighted by Gasteiger charge is -2.07. The van der Waals surface area contributed by atoms with Crippen LogP contribution in [0.5, 0.6) is 0 Å². The summed E-state index contributed by atoms with van der Waals surface area (Å²) in [6.45, 7) is -0.506. The maximum absolute atomic E-state index is 13.4. The predicted octanol–water partition coefficient (Wildman–Crippen LogP) is 6.07. The van der Waals surface area contributed by atoms with Crippen LogP contribution in [-0.4, -0.2) is 33.1 Å². The summed E-state index contributed by atoms with van der Waals surface area (Å²) in [5.41, 5.74) is 1.30. The van der Waals surface area contributed by atoms with E-state index in [-0.39, 0.29) is 16.7 Å². The molecule has 0 atom stereocenters. The Bertz CT molecular complexity index is 1340. The standard InChI is InChI=1S/C23H13Cl3FN3O3/c24-15-5-1-13(2-6-15)20(31)12-33-23(32)21-28-22(14-3-7-16(27)8-4-14)30(29-21)17-9-10-18(25)19(26)11-17/h1-11H,12H2. The summed E-state index contributed by atoms with van der Waals surface area (Å²) in [7, 11) is 0. The first kappa shape index (κ1) is 22.9. The summed E-state index contributed by atoms with van der Waals surface area (Å²) in [6, 6.07) is 16.4. The second-order valence-electron chi connectivity index (χ2n) is 6.78. The molecule has 0 aliphatic heterocycles. The number of Topliss-reactive ketones (excluding diaryl/α,β-unsaturated/α-hetero) is 1. The highest BCUT2D eigenvalue weighted by atomic mass is 35.5. The molecule has 0 radical (unpaired) electrons. The summed E-state index contributed by atoms with van der Waals surface area (Å²) < 4.78 is 19.9. The van der Waals surface area contributed by atoms with Crippen LogP contribution in [0.1, 0.15) is 21.0 Å². The molecule has 0 N–H and O–H groups in total. The van der Waals surface area contributed by atoms with Gasteiger partial charge in [-0.15, -0.1) is 5.10 Å². The van der Waals surface area contributed by atoms with Crippen molar-refractivity contribution in [2.75, 3.05) is 6.61 Å². The van der Waals surface area contributed by atoms with Gasteiger partial charge in [0.25, 0.3) is 5.82 Å². The molecule has 6 nitrogen and oxygen atoms in total. The van der Waals surface area contributed by atoms with Crippen LogP contribution >= 0.6 is 34.8 Å². The molecule has 0 spiro atoms. The van der Waals surface area contributed by atoms with Crippen LogP contribution in [0, 0.1) is 5.82 Å². The molecular formula is C23H13Cl3FN3O3. The van der Waals surface area contributed by atoms with Crippen LogP contribution < -0.4 is 0 Å². The summed E-state index contributed by atoms with van der Waals surface area (Å²) in [4.78, 5) is 29.1. The molecule has 3 aromatic carbocycles. The van der Waals surface area contributed by atoms with Crippen molar-refractivity contribution in [3.8, 4) is 17.1 Å². The fourth-order valence-electron chi connectivity index (χ4n) is 2.90. The van der Waals surface area contributed by atoms with Crippen molar-refractivity contribution < 1.29 is 18.7 Å². The minimum Gasteiger partial charge on any atom is -0.451 e. The average molecular weight is 505 g/mol. The van der Waals surface area contributed by atoms with E-state index in [9.17, 15) is 14.0 Å². The second kappa shape index (κ2) is 9.70. The molecular weight excluding hydrogens is 492 g/mol. The Labute approximate surface area is 202 Å². The molecule has 0 bridgehead atoms. The minimum atomic E-state index is -0.903. The van der Waals surface area contributed by atoms with Crippen LogP contribution in [0.3, 0.4) is 0 Å². The van der Waals surface area contributed by atoms with Gasteiger partial charge >= 0.3 is 5.97 Å². The lowest BCUT2D eigenvalue weighted by Crippen LogP contribution is -2.15. The number of aromatic nitrogens is 3. The number of halogens is 4. The molecule has 1 heterocycles. The van der Waals surface area contributed by atoms with E-state index >= 15 is 0 Å². The van der Waals surface area contributed by atoms with Gasteiger partial charge in [-0.25, -0.2) is 18.9 Å². The van der Waals surface area contributed by atoms with Crippen molar-refractivity contribution in [1.29, 1.82) is 0 Å². The minimum absolute atomic E-state index is 0.240. The zero-order valence-electron chi connectivity index (χ0n) is 16.6. The Morgan fingerprint density at radius 1 is 0.909 bits per heavy atom. The van der Waals surface area contributed by atoms with Gasteiger partial charge in [0.1, 0.15) is 5.82 Å². The average Bonchev–Trinajstić information content (AvgIpc) is 3.25. The molecule has 166 valence electrons. The van der Waals surface area contributed by atoms with Crippen molar-refractivity contribution >= 4 is 46.6 Å². The first-order chi connectivity index (χ1) is 15.8. The maximum Gasteiger partial charge on any atom is 0.378 e. The topological polar surface area (TPSA) is 74.1 Å². The van der Waals surface area contributed by atoms with Crippen molar-refractivity contribution in [2.45, 2.75) is 0 Å². The van der Waals surface area contributed by atoms with Crippen LogP contribution in [0.4, 0.5) is 4.39 Å². The van der Waals surface area contributed by atoms with E-state index in [4.69, 9.17) is 39.5 Å². The van der Waals surface area contributed by atoms with Crippen molar-refractivity contribution in [3.63, 3.8) is 0 Å². The number of nitrogens with zero attached hydrogens (tertiary/aromatic N) is 3. The fourth-order valence-corrected chi connectivity index (χ4v) is 3.31. The number of rotatable bonds is 6. The third-order valence-corrected chi connectivity index (χ3v) is 5.53. The fraction of sp³-hybridized carbons (Fsp3) is 0.0435. The predicted molar refractivity (Wildman–Crippen MR) is 123 cm³/mol. The summed E-state index contributed by atoms with van der Waals surface area (Å²) in [5.74, 6) is -1.80. The Hall–Kier alpha value is -3.26. The number of ether oxygens (including phenoxy) is 1. The first-order valence-corrected chi connectivity index (χ1v) is 10.6. The van der Waals surface area contributed by atoms with Crippen LogP contribution in [-0.2, 0) is 4.74 Å². The van der Waals surface area contributed by atoms with Crippen LogP contribution in [0.2, 0.25) is 15.1 Å². The van der Waals surface area contributed by atoms with Crippen molar-refractivity contribution in [3.05, 3.63) is 99.0 Å². The highest BCUT2D eigenvalue weighted by Crippen LogP contribution is 2.27. The smallest absolute Gasteiger partial charge is 0.378 e. The molecule has 0 amide bonds. The van der Waals surface area contributed by atoms with E-state index in [0.717, 1.165) is 0 Å². The van der Waals surface area contributed by atoms with Crippen LogP contribution in [0.15, 0.2) is 66.7 Å². The maximum atomic E-state index is 13.4. The Morgan fingerprint density at radius 3 is 2.27 bits per heavy atom. The molecule has 4 aromatic rings. The Morgan fingerprint density at radius 2 is 1.61 bits per heavy atom. The first-order valence-electron chi connectivity index (χ1n) is 9.46. The molecule has 0 aliphatic rings. The van der Waals surface area contributed by atoms with Gasteiger partial charge in [-0.3, -0.25) is 4.79 Å². The lowest BCUT2D eigenvalue weighted by molar-refractivity contribution is 0.0462. The van der Waals surface area contributed by atoms with Gasteiger partial charge in [0.15, 0.2) is 18.2 Å². The zero-order valence-corrected chi connectivity index (χ0v) is 18.9. The highest BCUT2D eigenvalue weighted by molar-refractivity contribution is 6.42. The number of ketones is 1. The Kier molecular flexibility index (Phi) is 6.74. The van der Waals surface area contributed by atoms with Crippen LogP contribution in [0.25, 0.3) is 17.1 Å². The van der Waals surface area contributed by atoms with Gasteiger partial charge < -0.3 is 4.74 Å². The monoisotopic (exact) mass is 503 g/mol.